The Morgan fingerprint density at radius 1 is 1.25 bits per heavy atom. The monoisotopic (exact) mass is 227 g/mol. The molecule has 0 unspecified atom stereocenters. The summed E-state index contributed by atoms with van der Waals surface area (Å²) >= 11 is 0. The Hall–Kier alpha value is -0.480. The van der Waals surface area contributed by atoms with Crippen molar-refractivity contribution in [3.8, 4) is 0 Å². The largest absolute Gasteiger partial charge is 0.298 e. The van der Waals surface area contributed by atoms with Crippen LogP contribution >= 0.6 is 0 Å². The van der Waals surface area contributed by atoms with Crippen molar-refractivity contribution in [3.63, 3.8) is 0 Å². The van der Waals surface area contributed by atoms with Crippen molar-refractivity contribution in [3.05, 3.63) is 0 Å². The van der Waals surface area contributed by atoms with Crippen LogP contribution in [0, 0.1) is 5.53 Å². The van der Waals surface area contributed by atoms with E-state index >= 15 is 0 Å². The first-order chi connectivity index (χ1) is 7.33. The van der Waals surface area contributed by atoms with Crippen LogP contribution in [-0.4, -0.2) is 28.8 Å². The van der Waals surface area contributed by atoms with Gasteiger partial charge in [-0.05, 0) is 47.0 Å². The summed E-state index contributed by atoms with van der Waals surface area (Å²) in [4.78, 5) is 5.89. The highest BCUT2D eigenvalue weighted by Gasteiger charge is 2.46. The minimum Gasteiger partial charge on any atom is -0.298 e. The van der Waals surface area contributed by atoms with Crippen LogP contribution in [0.5, 0.6) is 0 Å². The van der Waals surface area contributed by atoms with Gasteiger partial charge >= 0.3 is 0 Å². The summed E-state index contributed by atoms with van der Waals surface area (Å²) in [6.45, 7) is 11.6. The first-order valence-electron chi connectivity index (χ1n) is 6.13. The standard InChI is InChI=1S/C12H25N3O/c1-6-7-16-15-11(2,3)8-10(14-13)9-12(15,4)5/h10,13H,6-9H2,1-5H3. The number of hydroxylamine groups is 2. The molecule has 0 aromatic carbocycles. The summed E-state index contributed by atoms with van der Waals surface area (Å²) in [7, 11) is 0. The van der Waals surface area contributed by atoms with Crippen molar-refractivity contribution in [2.45, 2.75) is 71.0 Å². The predicted molar refractivity (Wildman–Crippen MR) is 64.4 cm³/mol. The van der Waals surface area contributed by atoms with Gasteiger partial charge in [0.15, 0.2) is 0 Å². The fourth-order valence-corrected chi connectivity index (χ4v) is 2.83. The van der Waals surface area contributed by atoms with Crippen molar-refractivity contribution < 1.29 is 4.84 Å². The van der Waals surface area contributed by atoms with Crippen LogP contribution in [0.3, 0.4) is 0 Å². The molecular weight excluding hydrogens is 202 g/mol. The summed E-state index contributed by atoms with van der Waals surface area (Å²) in [6, 6.07) is 0.131. The minimum atomic E-state index is -0.0495. The molecule has 94 valence electrons. The zero-order valence-corrected chi connectivity index (χ0v) is 11.2. The molecule has 1 saturated heterocycles. The van der Waals surface area contributed by atoms with Gasteiger partial charge in [-0.25, -0.2) is 5.53 Å². The Morgan fingerprint density at radius 2 is 1.75 bits per heavy atom. The van der Waals surface area contributed by atoms with Gasteiger partial charge in [-0.2, -0.15) is 10.2 Å². The van der Waals surface area contributed by atoms with Crippen LogP contribution in [0.25, 0.3) is 0 Å². The molecule has 1 rings (SSSR count). The maximum Gasteiger partial charge on any atom is 0.0742 e. The van der Waals surface area contributed by atoms with E-state index in [-0.39, 0.29) is 17.1 Å². The molecule has 0 radical (unpaired) electrons. The van der Waals surface area contributed by atoms with Crippen LogP contribution < -0.4 is 0 Å². The van der Waals surface area contributed by atoms with Crippen LogP contribution in [0.1, 0.15) is 53.9 Å². The third-order valence-corrected chi connectivity index (χ3v) is 3.18. The Bertz CT molecular complexity index is 233. The molecule has 4 nitrogen and oxygen atoms in total. The lowest BCUT2D eigenvalue weighted by molar-refractivity contribution is -0.282. The molecule has 1 heterocycles. The van der Waals surface area contributed by atoms with Gasteiger partial charge in [-0.1, -0.05) is 6.92 Å². The topological polar surface area (TPSA) is 48.7 Å². The lowest BCUT2D eigenvalue weighted by Gasteiger charge is -2.52. The molecular formula is C12H25N3O. The van der Waals surface area contributed by atoms with E-state index in [0.29, 0.717) is 0 Å². The zero-order valence-electron chi connectivity index (χ0n) is 11.2. The van der Waals surface area contributed by atoms with Gasteiger partial charge in [0, 0.05) is 11.1 Å². The molecule has 16 heavy (non-hydrogen) atoms. The zero-order chi connectivity index (χ0) is 12.4. The second kappa shape index (κ2) is 4.80. The minimum absolute atomic E-state index is 0.0495. The Kier molecular flexibility index (Phi) is 4.07. The van der Waals surface area contributed by atoms with Gasteiger partial charge in [-0.15, -0.1) is 0 Å². The van der Waals surface area contributed by atoms with E-state index in [4.69, 9.17) is 10.4 Å². The van der Waals surface area contributed by atoms with Crippen LogP contribution in [0.4, 0.5) is 0 Å². The summed E-state index contributed by atoms with van der Waals surface area (Å²) in [6.07, 6.45) is 2.81. The Morgan fingerprint density at radius 3 is 2.12 bits per heavy atom. The average molecular weight is 227 g/mol. The number of rotatable bonds is 4. The fraction of sp³-hybridized carbons (Fsp3) is 1.00. The Labute approximate surface area is 98.8 Å². The first-order valence-corrected chi connectivity index (χ1v) is 6.13. The maximum absolute atomic E-state index is 7.22. The molecule has 0 bridgehead atoms. The molecule has 0 aliphatic carbocycles. The van der Waals surface area contributed by atoms with Crippen LogP contribution in [0.2, 0.25) is 0 Å². The van der Waals surface area contributed by atoms with E-state index in [1.807, 2.05) is 0 Å². The SMILES string of the molecule is CCCON1C(C)(C)CC(N=N)CC1(C)C. The molecule has 0 saturated carbocycles. The number of nitrogens with zero attached hydrogens (tertiary/aromatic N) is 2. The Balaban J connectivity index is 2.83. The molecule has 0 atom stereocenters. The summed E-state index contributed by atoms with van der Waals surface area (Å²) in [5, 5.41) is 5.84. The second-order valence-electron chi connectivity index (χ2n) is 5.94. The lowest BCUT2D eigenvalue weighted by Crippen LogP contribution is -2.61. The number of hydrogen-bond acceptors (Lipinski definition) is 4. The van der Waals surface area contributed by atoms with Gasteiger partial charge in [0.2, 0.25) is 0 Å². The smallest absolute Gasteiger partial charge is 0.0742 e. The van der Waals surface area contributed by atoms with Crippen molar-refractivity contribution >= 4 is 0 Å². The van der Waals surface area contributed by atoms with Gasteiger partial charge < -0.3 is 0 Å². The van der Waals surface area contributed by atoms with Crippen LogP contribution in [0.15, 0.2) is 5.11 Å². The highest BCUT2D eigenvalue weighted by atomic mass is 16.7. The normalized spacial score (nSPS) is 25.6. The molecule has 0 aromatic heterocycles. The number of nitrogens with one attached hydrogen (secondary N) is 1. The average Bonchev–Trinajstić information content (AvgIpc) is 2.14. The third kappa shape index (κ3) is 2.80. The van der Waals surface area contributed by atoms with Crippen molar-refractivity contribution in [2.75, 3.05) is 6.61 Å². The third-order valence-electron chi connectivity index (χ3n) is 3.18. The van der Waals surface area contributed by atoms with Crippen molar-refractivity contribution in [2.24, 2.45) is 5.11 Å². The quantitative estimate of drug-likeness (QED) is 0.748. The summed E-state index contributed by atoms with van der Waals surface area (Å²) in [5.74, 6) is 0. The first kappa shape index (κ1) is 13.6. The van der Waals surface area contributed by atoms with Gasteiger partial charge in [0.25, 0.3) is 0 Å². The lowest BCUT2D eigenvalue weighted by atomic mass is 9.79. The van der Waals surface area contributed by atoms with E-state index in [1.54, 1.807) is 0 Å². The molecule has 1 N–H and O–H groups in total. The molecule has 1 fully saturated rings. The van der Waals surface area contributed by atoms with Gasteiger partial charge in [0.05, 0.1) is 12.6 Å². The molecule has 0 amide bonds. The molecule has 0 spiro atoms. The van der Waals surface area contributed by atoms with Crippen LogP contribution in [-0.2, 0) is 4.84 Å². The molecule has 1 aliphatic rings. The fourth-order valence-electron chi connectivity index (χ4n) is 2.83. The predicted octanol–water partition coefficient (Wildman–Crippen LogP) is 3.38. The van der Waals surface area contributed by atoms with E-state index in [2.05, 4.69) is 44.8 Å². The number of piperidine rings is 1. The van der Waals surface area contributed by atoms with Gasteiger partial charge in [0.1, 0.15) is 0 Å². The molecule has 1 aliphatic heterocycles. The second-order valence-corrected chi connectivity index (χ2v) is 5.94. The van der Waals surface area contributed by atoms with Gasteiger partial charge in [-0.3, -0.25) is 4.84 Å². The number of hydrogen-bond donors (Lipinski definition) is 1. The van der Waals surface area contributed by atoms with Crippen molar-refractivity contribution in [1.82, 2.24) is 5.06 Å². The summed E-state index contributed by atoms with van der Waals surface area (Å²) < 4.78 is 0. The maximum atomic E-state index is 7.22. The van der Waals surface area contributed by atoms with Crippen molar-refractivity contribution in [1.29, 1.82) is 5.53 Å². The van der Waals surface area contributed by atoms with E-state index in [0.717, 1.165) is 25.9 Å². The highest BCUT2D eigenvalue weighted by molar-refractivity contribution is 4.98. The van der Waals surface area contributed by atoms with E-state index in [1.165, 1.54) is 0 Å². The molecule has 0 aromatic rings. The summed E-state index contributed by atoms with van der Waals surface area (Å²) in [5.41, 5.74) is 7.12. The highest BCUT2D eigenvalue weighted by Crippen LogP contribution is 2.39. The van der Waals surface area contributed by atoms with E-state index in [9.17, 15) is 0 Å². The van der Waals surface area contributed by atoms with E-state index < -0.39 is 0 Å². The molecule has 4 heteroatoms.